The van der Waals surface area contributed by atoms with Crippen LogP contribution in [0.4, 0.5) is 17.2 Å². The van der Waals surface area contributed by atoms with Gasteiger partial charge in [-0.25, -0.2) is 9.97 Å². The lowest BCUT2D eigenvalue weighted by atomic mass is 9.72. The molecule has 3 aromatic rings. The Morgan fingerprint density at radius 3 is 2.60 bits per heavy atom. The van der Waals surface area contributed by atoms with Gasteiger partial charge in [-0.1, -0.05) is 32.9 Å². The predicted molar refractivity (Wildman–Crippen MR) is 190 cm³/mol. The predicted octanol–water partition coefficient (Wildman–Crippen LogP) is 6.76. The van der Waals surface area contributed by atoms with Crippen molar-refractivity contribution in [2.24, 2.45) is 23.7 Å². The zero-order chi connectivity index (χ0) is 34.6. The lowest BCUT2D eigenvalue weighted by Gasteiger charge is -2.34. The summed E-state index contributed by atoms with van der Waals surface area (Å²) in [4.78, 5) is 25.4. The molecule has 0 amide bonds. The molecule has 0 aliphatic heterocycles. The molecule has 11 heteroatoms. The molecule has 0 saturated heterocycles. The minimum absolute atomic E-state index is 0.178. The number of aromatic nitrogens is 4. The first-order valence-corrected chi connectivity index (χ1v) is 16.2. The topological polar surface area (TPSA) is 142 Å². The summed E-state index contributed by atoms with van der Waals surface area (Å²) in [6, 6.07) is 5.67. The van der Waals surface area contributed by atoms with Crippen molar-refractivity contribution in [2.45, 2.75) is 78.7 Å². The van der Waals surface area contributed by atoms with Crippen molar-refractivity contribution < 1.29 is 14.3 Å². The first-order chi connectivity index (χ1) is 22.4. The van der Waals surface area contributed by atoms with Gasteiger partial charge in [-0.3, -0.25) is 14.5 Å². The summed E-state index contributed by atoms with van der Waals surface area (Å²) in [5.74, 6) is 2.44. The van der Waals surface area contributed by atoms with Crippen LogP contribution in [-0.4, -0.2) is 57.2 Å². The van der Waals surface area contributed by atoms with E-state index in [-0.39, 0.29) is 19.1 Å². The summed E-state index contributed by atoms with van der Waals surface area (Å²) in [7, 11) is 3.58. The smallest absolute Gasteiger partial charge is 0.320 e. The molecule has 1 aliphatic rings. The molecule has 0 bridgehead atoms. The van der Waals surface area contributed by atoms with Crippen molar-refractivity contribution in [3.05, 3.63) is 72.5 Å². The van der Waals surface area contributed by atoms with Crippen molar-refractivity contribution in [3.8, 4) is 5.75 Å². The first kappa shape index (κ1) is 37.0. The molecular weight excluding hydrogens is 592 g/mol. The third-order valence-corrected chi connectivity index (χ3v) is 7.75. The average molecular weight is 645 g/mol. The van der Waals surface area contributed by atoms with Gasteiger partial charge in [-0.15, -0.1) is 0 Å². The number of hydrogen-bond acceptors (Lipinski definition) is 10. The molecule has 1 saturated carbocycles. The number of carbonyl (C=O) groups is 1. The second-order valence-electron chi connectivity index (χ2n) is 12.5. The van der Waals surface area contributed by atoms with Crippen LogP contribution in [0, 0.1) is 12.8 Å². The monoisotopic (exact) mass is 644 g/mol. The Morgan fingerprint density at radius 2 is 2.00 bits per heavy atom. The molecule has 0 spiro atoms. The van der Waals surface area contributed by atoms with Crippen molar-refractivity contribution in [1.82, 2.24) is 25.1 Å². The Labute approximate surface area is 279 Å². The SMILES string of the molecule is C=CC(C)=Nc1ccc(OCC(C)(C)OC(=O)CNC)cc1C.CCC=C(N)c1nc(C2CC(CC)C2)cnc1Nc1cnn(C)c1. The summed E-state index contributed by atoms with van der Waals surface area (Å²) < 4.78 is 12.9. The van der Waals surface area contributed by atoms with Crippen molar-refractivity contribution in [2.75, 3.05) is 25.5 Å². The maximum absolute atomic E-state index is 11.5. The fourth-order valence-electron chi connectivity index (χ4n) is 5.00. The van der Waals surface area contributed by atoms with Gasteiger partial charge in [0.1, 0.15) is 23.7 Å². The van der Waals surface area contributed by atoms with Crippen molar-refractivity contribution >= 4 is 34.6 Å². The number of likely N-dealkylation sites (N-methyl/N-ethyl adjacent to an activating group) is 1. The number of aliphatic imine (C=N–C) groups is 1. The number of rotatable bonds is 14. The summed E-state index contributed by atoms with van der Waals surface area (Å²) in [5.41, 5.74) is 11.6. The summed E-state index contributed by atoms with van der Waals surface area (Å²) in [6.07, 6.45) is 13.8. The van der Waals surface area contributed by atoms with Gasteiger partial charge in [0, 0.05) is 24.9 Å². The Morgan fingerprint density at radius 1 is 1.26 bits per heavy atom. The van der Waals surface area contributed by atoms with E-state index in [1.807, 2.05) is 71.4 Å². The molecule has 1 fully saturated rings. The molecule has 0 unspecified atom stereocenters. The van der Waals surface area contributed by atoms with Gasteiger partial charge in [0.15, 0.2) is 5.82 Å². The summed E-state index contributed by atoms with van der Waals surface area (Å²) in [5, 5.41) is 10.2. The summed E-state index contributed by atoms with van der Waals surface area (Å²) >= 11 is 0. The molecule has 0 atom stereocenters. The molecule has 4 rings (SSSR count). The zero-order valence-corrected chi connectivity index (χ0v) is 29.3. The van der Waals surface area contributed by atoms with Gasteiger partial charge in [0.25, 0.3) is 0 Å². The third-order valence-electron chi connectivity index (χ3n) is 7.75. The number of carbonyl (C=O) groups excluding carboxylic acids is 1. The van der Waals surface area contributed by atoms with Crippen LogP contribution in [0.25, 0.3) is 5.70 Å². The minimum Gasteiger partial charge on any atom is -0.489 e. The molecule has 2 aromatic heterocycles. The van der Waals surface area contributed by atoms with Crippen LogP contribution in [0.3, 0.4) is 0 Å². The van der Waals surface area contributed by atoms with E-state index in [1.165, 1.54) is 19.3 Å². The molecule has 254 valence electrons. The Balaban J connectivity index is 0.000000256. The first-order valence-electron chi connectivity index (χ1n) is 16.2. The molecular formula is C36H52N8O3. The van der Waals surface area contributed by atoms with Crippen molar-refractivity contribution in [1.29, 1.82) is 0 Å². The minimum atomic E-state index is -0.696. The van der Waals surface area contributed by atoms with E-state index >= 15 is 0 Å². The van der Waals surface area contributed by atoms with E-state index in [1.54, 1.807) is 24.0 Å². The van der Waals surface area contributed by atoms with Crippen LogP contribution in [0.2, 0.25) is 0 Å². The van der Waals surface area contributed by atoms with Gasteiger partial charge >= 0.3 is 5.97 Å². The molecule has 1 aliphatic carbocycles. The highest BCUT2D eigenvalue weighted by Crippen LogP contribution is 2.42. The van der Waals surface area contributed by atoms with E-state index in [4.69, 9.17) is 20.2 Å². The average Bonchev–Trinajstić information content (AvgIpc) is 3.41. The van der Waals surface area contributed by atoms with Gasteiger partial charge in [-0.05, 0) is 89.8 Å². The second-order valence-corrected chi connectivity index (χ2v) is 12.5. The Hall–Kier alpha value is -4.51. The van der Waals surface area contributed by atoms with Gasteiger partial charge in [0.05, 0.1) is 41.7 Å². The second kappa shape index (κ2) is 17.4. The van der Waals surface area contributed by atoms with E-state index in [0.717, 1.165) is 52.1 Å². The van der Waals surface area contributed by atoms with Gasteiger partial charge in [-0.2, -0.15) is 5.10 Å². The van der Waals surface area contributed by atoms with Crippen LogP contribution < -0.4 is 21.1 Å². The van der Waals surface area contributed by atoms with Crippen LogP contribution >= 0.6 is 0 Å². The fraction of sp³-hybridized carbons (Fsp3) is 0.472. The maximum atomic E-state index is 11.5. The Bertz CT molecular complexity index is 1550. The lowest BCUT2D eigenvalue weighted by Crippen LogP contribution is -2.37. The van der Waals surface area contributed by atoms with E-state index in [2.05, 4.69) is 46.1 Å². The quantitative estimate of drug-likeness (QED) is 0.128. The molecule has 11 nitrogen and oxygen atoms in total. The highest BCUT2D eigenvalue weighted by Gasteiger charge is 2.31. The zero-order valence-electron chi connectivity index (χ0n) is 29.3. The molecule has 0 radical (unpaired) electrons. The molecule has 1 aromatic carbocycles. The van der Waals surface area contributed by atoms with Gasteiger partial charge < -0.3 is 25.8 Å². The van der Waals surface area contributed by atoms with Crippen LogP contribution in [0.1, 0.15) is 83.2 Å². The van der Waals surface area contributed by atoms with E-state index in [0.29, 0.717) is 17.4 Å². The lowest BCUT2D eigenvalue weighted by molar-refractivity contribution is -0.157. The number of nitrogens with one attached hydrogen (secondary N) is 2. The van der Waals surface area contributed by atoms with E-state index in [9.17, 15) is 4.79 Å². The number of anilines is 2. The maximum Gasteiger partial charge on any atom is 0.320 e. The standard InChI is InChI=1S/C18H26N6.C18H26N2O3/c1-4-6-15(19)17-18(22-14-9-21-24(3)11-14)20-10-16(23-17)13-7-12(5-2)8-13;1-7-14(3)20-16-9-8-15(10-13(16)2)22-12-18(4,5)23-17(21)11-19-6/h6,9-13H,4-5,7-8,19H2,1-3H3,(H,20,22);7-10,19H,1,11-12H2,2-6H3. The number of hydrogen-bond donors (Lipinski definition) is 3. The number of esters is 1. The van der Waals surface area contributed by atoms with E-state index < -0.39 is 5.60 Å². The van der Waals surface area contributed by atoms with Crippen LogP contribution in [0.15, 0.2) is 60.5 Å². The van der Waals surface area contributed by atoms with Gasteiger partial charge in [0.2, 0.25) is 0 Å². The highest BCUT2D eigenvalue weighted by molar-refractivity contribution is 5.94. The number of aryl methyl sites for hydroxylation is 2. The highest BCUT2D eigenvalue weighted by atomic mass is 16.6. The molecule has 47 heavy (non-hydrogen) atoms. The van der Waals surface area contributed by atoms with Crippen LogP contribution in [0.5, 0.6) is 5.75 Å². The summed E-state index contributed by atoms with van der Waals surface area (Å²) in [6.45, 7) is 16.0. The van der Waals surface area contributed by atoms with Crippen LogP contribution in [-0.2, 0) is 16.6 Å². The number of benzene rings is 1. The normalized spacial score (nSPS) is 16.4. The van der Waals surface area contributed by atoms with Crippen molar-refractivity contribution in [3.63, 3.8) is 0 Å². The number of allylic oxidation sites excluding steroid dienone is 2. The third kappa shape index (κ3) is 11.4. The molecule has 2 heterocycles. The largest absolute Gasteiger partial charge is 0.489 e. The number of nitrogens with zero attached hydrogens (tertiary/aromatic N) is 5. The number of ether oxygens (including phenoxy) is 2. The fourth-order valence-corrected chi connectivity index (χ4v) is 5.00. The number of nitrogens with two attached hydrogens (primary N) is 1. The Kier molecular flexibility index (Phi) is 13.7. The molecule has 4 N–H and O–H groups in total.